The molecule has 20 heavy (non-hydrogen) atoms. The van der Waals surface area contributed by atoms with Crippen LogP contribution in [0.5, 0.6) is 5.75 Å². The number of carboxylic acids is 1. The number of halogens is 1. The third-order valence-corrected chi connectivity index (χ3v) is 3.68. The standard InChI is InChI=1S/C14H16ClNO4/c1-14(2)6-9(14)13(19)16-8-3-4-11(10(15)5-8)20-7-12(17)18/h3-5,9H,6-7H2,1-2H3,(H,16,19)(H,17,18)/t9-/m1/s1. The second kappa shape index (κ2) is 5.32. The van der Waals surface area contributed by atoms with Crippen LogP contribution >= 0.6 is 11.6 Å². The molecule has 1 saturated carbocycles. The van der Waals surface area contributed by atoms with Gasteiger partial charge in [-0.15, -0.1) is 0 Å². The van der Waals surface area contributed by atoms with Gasteiger partial charge in [0.15, 0.2) is 6.61 Å². The fourth-order valence-corrected chi connectivity index (χ4v) is 2.21. The van der Waals surface area contributed by atoms with E-state index in [4.69, 9.17) is 21.4 Å². The molecule has 0 bridgehead atoms. The topological polar surface area (TPSA) is 75.6 Å². The van der Waals surface area contributed by atoms with Crippen molar-refractivity contribution in [3.63, 3.8) is 0 Å². The summed E-state index contributed by atoms with van der Waals surface area (Å²) in [4.78, 5) is 22.4. The number of nitrogens with one attached hydrogen (secondary N) is 1. The Morgan fingerprint density at radius 1 is 1.50 bits per heavy atom. The fraction of sp³-hybridized carbons (Fsp3) is 0.429. The Hall–Kier alpha value is -1.75. The van der Waals surface area contributed by atoms with E-state index in [0.29, 0.717) is 5.69 Å². The number of carbonyl (C=O) groups is 2. The number of amides is 1. The van der Waals surface area contributed by atoms with E-state index in [0.717, 1.165) is 6.42 Å². The highest BCUT2D eigenvalue weighted by Crippen LogP contribution is 2.52. The van der Waals surface area contributed by atoms with Gasteiger partial charge in [0.25, 0.3) is 0 Å². The molecule has 1 aromatic rings. The van der Waals surface area contributed by atoms with E-state index < -0.39 is 12.6 Å². The van der Waals surface area contributed by atoms with Crippen LogP contribution in [0.2, 0.25) is 5.02 Å². The average Bonchev–Trinajstić information content (AvgIpc) is 2.97. The quantitative estimate of drug-likeness (QED) is 0.876. The third-order valence-electron chi connectivity index (χ3n) is 3.38. The number of carboxylic acid groups (broad SMARTS) is 1. The van der Waals surface area contributed by atoms with Gasteiger partial charge in [0.05, 0.1) is 5.02 Å². The van der Waals surface area contributed by atoms with Gasteiger partial charge in [0.2, 0.25) is 5.91 Å². The van der Waals surface area contributed by atoms with E-state index in [-0.39, 0.29) is 28.0 Å². The summed E-state index contributed by atoms with van der Waals surface area (Å²) >= 11 is 5.98. The lowest BCUT2D eigenvalue weighted by Crippen LogP contribution is -2.16. The number of hydrogen-bond donors (Lipinski definition) is 2. The maximum atomic E-state index is 11.9. The average molecular weight is 298 g/mol. The van der Waals surface area contributed by atoms with Crippen molar-refractivity contribution in [2.24, 2.45) is 11.3 Å². The van der Waals surface area contributed by atoms with E-state index in [1.807, 2.05) is 13.8 Å². The Bertz CT molecular complexity index is 556. The van der Waals surface area contributed by atoms with Gasteiger partial charge in [-0.1, -0.05) is 25.4 Å². The highest BCUT2D eigenvalue weighted by molar-refractivity contribution is 6.32. The van der Waals surface area contributed by atoms with Gasteiger partial charge < -0.3 is 15.2 Å². The van der Waals surface area contributed by atoms with E-state index in [1.54, 1.807) is 18.2 Å². The molecule has 0 heterocycles. The van der Waals surface area contributed by atoms with Crippen LogP contribution in [0.3, 0.4) is 0 Å². The highest BCUT2D eigenvalue weighted by Gasteiger charge is 2.50. The normalized spacial score (nSPS) is 19.2. The molecule has 0 unspecified atom stereocenters. The third kappa shape index (κ3) is 3.42. The largest absolute Gasteiger partial charge is 0.480 e. The van der Waals surface area contributed by atoms with Crippen molar-refractivity contribution in [2.75, 3.05) is 11.9 Å². The minimum Gasteiger partial charge on any atom is -0.480 e. The zero-order valence-electron chi connectivity index (χ0n) is 11.3. The Labute approximate surface area is 121 Å². The predicted octanol–water partition coefficient (Wildman–Crippen LogP) is 2.79. The first kappa shape index (κ1) is 14.7. The fourth-order valence-electron chi connectivity index (χ4n) is 1.98. The van der Waals surface area contributed by atoms with Crippen LogP contribution in [0.25, 0.3) is 0 Å². The SMILES string of the molecule is CC1(C)C[C@@H]1C(=O)Nc1ccc(OCC(=O)O)c(Cl)c1. The second-order valence-corrected chi connectivity index (χ2v) is 5.97. The summed E-state index contributed by atoms with van der Waals surface area (Å²) in [5.41, 5.74) is 0.642. The van der Waals surface area contributed by atoms with Gasteiger partial charge in [0, 0.05) is 11.6 Å². The minimum atomic E-state index is -1.07. The van der Waals surface area contributed by atoms with Crippen molar-refractivity contribution in [2.45, 2.75) is 20.3 Å². The maximum absolute atomic E-state index is 11.9. The van der Waals surface area contributed by atoms with Crippen molar-refractivity contribution in [1.29, 1.82) is 0 Å². The first-order chi connectivity index (χ1) is 9.29. The van der Waals surface area contributed by atoms with Gasteiger partial charge in [-0.25, -0.2) is 4.79 Å². The Morgan fingerprint density at radius 2 is 2.15 bits per heavy atom. The summed E-state index contributed by atoms with van der Waals surface area (Å²) in [5.74, 6) is -0.789. The predicted molar refractivity (Wildman–Crippen MR) is 75.1 cm³/mol. The van der Waals surface area contributed by atoms with Crippen LogP contribution < -0.4 is 10.1 Å². The zero-order chi connectivity index (χ0) is 14.9. The number of ether oxygens (including phenoxy) is 1. The first-order valence-electron chi connectivity index (χ1n) is 6.24. The molecule has 1 amide bonds. The number of rotatable bonds is 5. The van der Waals surface area contributed by atoms with E-state index in [1.165, 1.54) is 0 Å². The molecule has 1 aliphatic carbocycles. The summed E-state index contributed by atoms with van der Waals surface area (Å²) in [6.45, 7) is 3.64. The van der Waals surface area contributed by atoms with Gasteiger partial charge in [-0.05, 0) is 30.0 Å². The number of aliphatic carboxylic acids is 1. The lowest BCUT2D eigenvalue weighted by Gasteiger charge is -2.10. The van der Waals surface area contributed by atoms with Crippen molar-refractivity contribution < 1.29 is 19.4 Å². The molecule has 0 spiro atoms. The van der Waals surface area contributed by atoms with Crippen LogP contribution in [0.4, 0.5) is 5.69 Å². The van der Waals surface area contributed by atoms with E-state index in [9.17, 15) is 9.59 Å². The van der Waals surface area contributed by atoms with Gasteiger partial charge in [-0.3, -0.25) is 4.79 Å². The number of carbonyl (C=O) groups excluding carboxylic acids is 1. The first-order valence-corrected chi connectivity index (χ1v) is 6.62. The maximum Gasteiger partial charge on any atom is 0.341 e. The Morgan fingerprint density at radius 3 is 2.65 bits per heavy atom. The van der Waals surface area contributed by atoms with Gasteiger partial charge >= 0.3 is 5.97 Å². The van der Waals surface area contributed by atoms with E-state index >= 15 is 0 Å². The Kier molecular flexibility index (Phi) is 3.90. The molecule has 5 nitrogen and oxygen atoms in total. The molecule has 0 aliphatic heterocycles. The summed E-state index contributed by atoms with van der Waals surface area (Å²) in [5, 5.41) is 11.6. The molecule has 1 aliphatic rings. The summed E-state index contributed by atoms with van der Waals surface area (Å²) in [6, 6.07) is 4.72. The van der Waals surface area contributed by atoms with Crippen LogP contribution in [-0.4, -0.2) is 23.6 Å². The van der Waals surface area contributed by atoms with Crippen molar-refractivity contribution in [1.82, 2.24) is 0 Å². The lowest BCUT2D eigenvalue weighted by molar-refractivity contribution is -0.139. The molecule has 1 fully saturated rings. The number of benzene rings is 1. The molecule has 2 rings (SSSR count). The highest BCUT2D eigenvalue weighted by atomic mass is 35.5. The van der Waals surface area contributed by atoms with Gasteiger partial charge in [0.1, 0.15) is 5.75 Å². The van der Waals surface area contributed by atoms with Crippen LogP contribution in [-0.2, 0) is 9.59 Å². The van der Waals surface area contributed by atoms with Crippen molar-refractivity contribution in [3.05, 3.63) is 23.2 Å². The lowest BCUT2D eigenvalue weighted by atomic mass is 10.1. The molecule has 6 heteroatoms. The summed E-state index contributed by atoms with van der Waals surface area (Å²) < 4.78 is 5.01. The number of anilines is 1. The molecule has 1 aromatic carbocycles. The molecule has 108 valence electrons. The molecule has 2 N–H and O–H groups in total. The molecule has 0 aromatic heterocycles. The zero-order valence-corrected chi connectivity index (χ0v) is 12.0. The molecule has 0 radical (unpaired) electrons. The van der Waals surface area contributed by atoms with Crippen LogP contribution in [0, 0.1) is 11.3 Å². The van der Waals surface area contributed by atoms with Crippen molar-refractivity contribution in [3.8, 4) is 5.75 Å². The molecular weight excluding hydrogens is 282 g/mol. The smallest absolute Gasteiger partial charge is 0.341 e. The van der Waals surface area contributed by atoms with Crippen molar-refractivity contribution >= 4 is 29.2 Å². The van der Waals surface area contributed by atoms with Crippen LogP contribution in [0.1, 0.15) is 20.3 Å². The summed E-state index contributed by atoms with van der Waals surface area (Å²) in [7, 11) is 0. The minimum absolute atomic E-state index is 0.0229. The monoisotopic (exact) mass is 297 g/mol. The second-order valence-electron chi connectivity index (χ2n) is 5.56. The molecular formula is C14H16ClNO4. The molecule has 1 atom stereocenters. The Balaban J connectivity index is 1.98. The molecule has 0 saturated heterocycles. The number of hydrogen-bond acceptors (Lipinski definition) is 3. The van der Waals surface area contributed by atoms with Gasteiger partial charge in [-0.2, -0.15) is 0 Å². The van der Waals surface area contributed by atoms with Crippen LogP contribution in [0.15, 0.2) is 18.2 Å². The summed E-state index contributed by atoms with van der Waals surface area (Å²) in [6.07, 6.45) is 0.881. The van der Waals surface area contributed by atoms with E-state index in [2.05, 4.69) is 5.32 Å².